The summed E-state index contributed by atoms with van der Waals surface area (Å²) in [4.78, 5) is 58.4. The molecule has 7 rings (SSSR count). The topological polar surface area (TPSA) is 141 Å². The number of urea groups is 1. The summed E-state index contributed by atoms with van der Waals surface area (Å²) in [6, 6.07) is 22.0. The Balaban J connectivity index is 1.15. The second-order valence-electron chi connectivity index (χ2n) is 13.7. The van der Waals surface area contributed by atoms with Crippen molar-refractivity contribution in [3.05, 3.63) is 124 Å². The van der Waals surface area contributed by atoms with Gasteiger partial charge in [0.05, 0.1) is 38.4 Å². The summed E-state index contributed by atoms with van der Waals surface area (Å²) in [5, 5.41) is 25.5. The molecule has 2 saturated heterocycles. The Morgan fingerprint density at radius 1 is 0.963 bits per heavy atom. The minimum Gasteiger partial charge on any atom is -0.508 e. The molecular weight excluding hydrogens is 685 g/mol. The fourth-order valence-electron chi connectivity index (χ4n) is 7.57. The number of hydrogen-bond donors (Lipinski definition) is 3. The Bertz CT molecular complexity index is 2060. The van der Waals surface area contributed by atoms with Crippen molar-refractivity contribution in [2.45, 2.75) is 44.2 Å². The number of rotatable bonds is 10. The van der Waals surface area contributed by atoms with Crippen LogP contribution in [0.2, 0.25) is 0 Å². The Morgan fingerprint density at radius 2 is 1.72 bits per heavy atom. The largest absolute Gasteiger partial charge is 0.508 e. The third-order valence-corrected chi connectivity index (χ3v) is 10.2. The zero-order valence-corrected chi connectivity index (χ0v) is 30.0. The molecule has 2 fully saturated rings. The Morgan fingerprint density at radius 3 is 2.50 bits per heavy atom. The molecule has 54 heavy (non-hydrogen) atoms. The van der Waals surface area contributed by atoms with Gasteiger partial charge >= 0.3 is 6.03 Å². The van der Waals surface area contributed by atoms with Crippen molar-refractivity contribution < 1.29 is 24.3 Å². The highest BCUT2D eigenvalue weighted by Crippen LogP contribution is 2.33. The maximum absolute atomic E-state index is 14.5. The van der Waals surface area contributed by atoms with Gasteiger partial charge < -0.3 is 25.5 Å². The van der Waals surface area contributed by atoms with E-state index >= 15 is 0 Å². The first-order valence-corrected chi connectivity index (χ1v) is 17.9. The molecule has 0 radical (unpaired) electrons. The molecule has 3 N–H and O–H groups in total. The first kappa shape index (κ1) is 36.0. The first-order valence-electron chi connectivity index (χ1n) is 17.9. The molecule has 0 spiro atoms. The normalized spacial score (nSPS) is 20.9. The molecule has 3 atom stereocenters. The third-order valence-electron chi connectivity index (χ3n) is 10.2. The fourth-order valence-corrected chi connectivity index (χ4v) is 7.57. The molecule has 4 aliphatic rings. The summed E-state index contributed by atoms with van der Waals surface area (Å²) in [6.07, 6.45) is 11.3. The van der Waals surface area contributed by atoms with Crippen molar-refractivity contribution in [1.82, 2.24) is 35.5 Å². The lowest BCUT2D eigenvalue weighted by Crippen LogP contribution is -2.76. The van der Waals surface area contributed by atoms with Gasteiger partial charge in [-0.1, -0.05) is 78.7 Å². The second kappa shape index (κ2) is 15.7. The number of likely N-dealkylation sites (N-methyl/N-ethyl adjacent to an activating group) is 1. The number of nitrogens with zero attached hydrogens (tertiary/aromatic N) is 6. The predicted octanol–water partition coefficient (Wildman–Crippen LogP) is 2.86. The summed E-state index contributed by atoms with van der Waals surface area (Å²) in [5.74, 6) is 1.81. The highest BCUT2D eigenvalue weighted by molar-refractivity contribution is 5.96. The van der Waals surface area contributed by atoms with E-state index in [2.05, 4.69) is 28.7 Å². The number of allylic oxidation sites excluding steroid dienone is 1. The van der Waals surface area contributed by atoms with Crippen LogP contribution in [0.15, 0.2) is 107 Å². The van der Waals surface area contributed by atoms with E-state index in [1.807, 2.05) is 59.8 Å². The SMILES string of the molecule is C#CCNC(=O)c1ccccc1CN1N=CC2=C(CN3C[C@H]4N(C(=O)CN(C)N4C(=O)NCc4ccccc4)[C@@H](Cc4ccc(O)cc4)C3=O)CC=CC21. The number of benzene rings is 3. The molecule has 13 heteroatoms. The summed E-state index contributed by atoms with van der Waals surface area (Å²) < 4.78 is 0. The number of aromatic hydroxyl groups is 1. The number of piperazine rings is 1. The van der Waals surface area contributed by atoms with Crippen LogP contribution in [0.3, 0.4) is 0 Å². The van der Waals surface area contributed by atoms with Gasteiger partial charge in [-0.2, -0.15) is 5.10 Å². The quantitative estimate of drug-likeness (QED) is 0.216. The van der Waals surface area contributed by atoms with E-state index in [4.69, 9.17) is 11.5 Å². The van der Waals surface area contributed by atoms with Crippen LogP contribution >= 0.6 is 0 Å². The van der Waals surface area contributed by atoms with Crippen molar-refractivity contribution in [2.75, 3.05) is 33.2 Å². The van der Waals surface area contributed by atoms with Gasteiger partial charge in [-0.15, -0.1) is 6.42 Å². The Hall–Kier alpha value is -6.39. The summed E-state index contributed by atoms with van der Waals surface area (Å²) in [7, 11) is 1.70. The molecule has 3 aromatic rings. The molecule has 0 saturated carbocycles. The number of hydrazine groups is 1. The van der Waals surface area contributed by atoms with E-state index < -0.39 is 12.2 Å². The van der Waals surface area contributed by atoms with E-state index in [-0.39, 0.29) is 68.1 Å². The highest BCUT2D eigenvalue weighted by atomic mass is 16.3. The molecule has 1 unspecified atom stereocenters. The minimum absolute atomic E-state index is 0.0720. The number of carbonyl (C=O) groups is 4. The van der Waals surface area contributed by atoms with Crippen LogP contribution in [0.25, 0.3) is 0 Å². The summed E-state index contributed by atoms with van der Waals surface area (Å²) >= 11 is 0. The lowest BCUT2D eigenvalue weighted by molar-refractivity contribution is -0.186. The van der Waals surface area contributed by atoms with Gasteiger partial charge in [0.25, 0.3) is 5.91 Å². The van der Waals surface area contributed by atoms with Crippen LogP contribution in [-0.2, 0) is 29.1 Å². The fraction of sp³-hybridized carbons (Fsp3) is 0.293. The molecule has 3 aliphatic heterocycles. The van der Waals surface area contributed by atoms with Gasteiger partial charge in [0.2, 0.25) is 11.8 Å². The van der Waals surface area contributed by atoms with E-state index in [9.17, 15) is 24.3 Å². The molecule has 0 aromatic heterocycles. The van der Waals surface area contributed by atoms with Gasteiger partial charge in [0.15, 0.2) is 0 Å². The van der Waals surface area contributed by atoms with Crippen molar-refractivity contribution in [2.24, 2.45) is 5.10 Å². The molecule has 5 amide bonds. The Labute approximate surface area is 314 Å². The average molecular weight is 727 g/mol. The van der Waals surface area contributed by atoms with Crippen molar-refractivity contribution in [3.63, 3.8) is 0 Å². The second-order valence-corrected chi connectivity index (χ2v) is 13.7. The van der Waals surface area contributed by atoms with Gasteiger partial charge in [-0.25, -0.2) is 14.8 Å². The van der Waals surface area contributed by atoms with Gasteiger partial charge in [-0.05, 0) is 46.9 Å². The molecule has 3 heterocycles. The standard InChI is InChI=1S/C41H42N8O5/c1-3-20-42-39(52)33-14-8-7-12-31(33)25-47-35-15-9-13-30(34(35)23-44-47)24-46-26-37-48(36(40(46)53)21-28-16-18-32(50)19-17-28)38(51)27-45(2)49(37)41(54)43-22-29-10-5-4-6-11-29/h1,4-12,14-19,23,35-37,50H,13,20-22,24-27H2,2H3,(H,42,52)(H,43,54)/t35?,36-,37-/m0/s1. The predicted molar refractivity (Wildman–Crippen MR) is 202 cm³/mol. The first-order chi connectivity index (χ1) is 26.2. The average Bonchev–Trinajstić information content (AvgIpc) is 3.59. The number of carbonyl (C=O) groups excluding carboxylic acids is 4. The van der Waals surface area contributed by atoms with Crippen LogP contribution in [0.4, 0.5) is 4.79 Å². The molecule has 1 aliphatic carbocycles. The number of hydrazone groups is 1. The van der Waals surface area contributed by atoms with E-state index in [0.717, 1.165) is 27.8 Å². The summed E-state index contributed by atoms with van der Waals surface area (Å²) in [6.45, 7) is 1.10. The number of hydrogen-bond acceptors (Lipinski definition) is 8. The zero-order chi connectivity index (χ0) is 37.8. The highest BCUT2D eigenvalue weighted by Gasteiger charge is 2.51. The molecular formula is C41H42N8O5. The van der Waals surface area contributed by atoms with Crippen LogP contribution in [0.5, 0.6) is 5.75 Å². The number of phenolic OH excluding ortho intramolecular Hbond substituents is 1. The number of terminal acetylenes is 1. The number of nitrogens with one attached hydrogen (secondary N) is 2. The van der Waals surface area contributed by atoms with Crippen LogP contribution in [0.1, 0.15) is 33.5 Å². The van der Waals surface area contributed by atoms with E-state index in [1.165, 1.54) is 0 Å². The number of fused-ring (bicyclic) bond motifs is 2. The molecule has 3 aromatic carbocycles. The third kappa shape index (κ3) is 7.42. The van der Waals surface area contributed by atoms with Crippen LogP contribution < -0.4 is 10.6 Å². The smallest absolute Gasteiger partial charge is 0.334 e. The van der Waals surface area contributed by atoms with Crippen molar-refractivity contribution in [1.29, 1.82) is 0 Å². The maximum atomic E-state index is 14.5. The van der Waals surface area contributed by atoms with Gasteiger partial charge in [0.1, 0.15) is 18.0 Å². The lowest BCUT2D eigenvalue weighted by Gasteiger charge is -2.54. The molecule has 276 valence electrons. The Kier molecular flexibility index (Phi) is 10.5. The van der Waals surface area contributed by atoms with Crippen LogP contribution in [0, 0.1) is 12.3 Å². The van der Waals surface area contributed by atoms with Crippen molar-refractivity contribution >= 4 is 30.0 Å². The van der Waals surface area contributed by atoms with Crippen molar-refractivity contribution in [3.8, 4) is 18.1 Å². The molecule has 13 nitrogen and oxygen atoms in total. The van der Waals surface area contributed by atoms with Gasteiger partial charge in [0, 0.05) is 37.7 Å². The van der Waals surface area contributed by atoms with E-state index in [0.29, 0.717) is 25.1 Å². The minimum atomic E-state index is -0.884. The summed E-state index contributed by atoms with van der Waals surface area (Å²) in [5.41, 5.74) is 4.98. The van der Waals surface area contributed by atoms with Gasteiger partial charge in [-0.3, -0.25) is 19.4 Å². The lowest BCUT2D eigenvalue weighted by atomic mass is 9.92. The zero-order valence-electron chi connectivity index (χ0n) is 30.0. The van der Waals surface area contributed by atoms with E-state index in [1.54, 1.807) is 57.2 Å². The monoisotopic (exact) mass is 726 g/mol. The van der Waals surface area contributed by atoms with Crippen LogP contribution in [-0.4, -0.2) is 111 Å². The number of amides is 5. The molecule has 0 bridgehead atoms. The maximum Gasteiger partial charge on any atom is 0.334 e. The number of phenols is 1.